The van der Waals surface area contributed by atoms with E-state index in [1.807, 2.05) is 28.5 Å². The first-order chi connectivity index (χ1) is 15.7. The van der Waals surface area contributed by atoms with Crippen LogP contribution in [0.15, 0.2) is 46.7 Å². The molecule has 3 aromatic rings. The van der Waals surface area contributed by atoms with E-state index < -0.39 is 0 Å². The van der Waals surface area contributed by atoms with Gasteiger partial charge in [0.15, 0.2) is 4.96 Å². The zero-order chi connectivity index (χ0) is 21.9. The first-order valence-corrected chi connectivity index (χ1v) is 11.9. The number of morpholine rings is 1. The molecule has 4 heterocycles. The Hall–Kier alpha value is -2.59. The molecule has 0 saturated carbocycles. The highest BCUT2D eigenvalue weighted by Gasteiger charge is 2.23. The maximum absolute atomic E-state index is 13.1. The molecule has 2 aromatic heterocycles. The molecule has 0 spiro atoms. The van der Waals surface area contributed by atoms with Gasteiger partial charge in [0.2, 0.25) is 0 Å². The van der Waals surface area contributed by atoms with E-state index in [0.717, 1.165) is 67.7 Å². The lowest BCUT2D eigenvalue weighted by atomic mass is 10.1. The monoisotopic (exact) mass is 453 g/mol. The van der Waals surface area contributed by atoms with Gasteiger partial charge in [0.1, 0.15) is 0 Å². The second-order valence-electron chi connectivity index (χ2n) is 8.30. The third-order valence-corrected chi connectivity index (χ3v) is 6.84. The molecule has 0 aliphatic carbocycles. The van der Waals surface area contributed by atoms with Crippen molar-refractivity contribution in [3.8, 4) is 0 Å². The lowest BCUT2D eigenvalue weighted by Gasteiger charge is -2.34. The van der Waals surface area contributed by atoms with E-state index >= 15 is 0 Å². The third kappa shape index (κ3) is 4.75. The molecule has 2 saturated heterocycles. The number of benzene rings is 1. The van der Waals surface area contributed by atoms with Gasteiger partial charge in [0.05, 0.1) is 18.9 Å². The predicted octanol–water partition coefficient (Wildman–Crippen LogP) is 1.55. The van der Waals surface area contributed by atoms with Gasteiger partial charge in [-0.3, -0.25) is 23.8 Å². The van der Waals surface area contributed by atoms with Crippen LogP contribution in [0.5, 0.6) is 0 Å². The molecule has 2 aliphatic heterocycles. The van der Waals surface area contributed by atoms with E-state index in [0.29, 0.717) is 19.6 Å². The standard InChI is InChI=1S/C23H27N5O3S/c29-21-15-20(24-23-28(21)10-13-32-23)17-25-4-6-27(7-5-25)22(30)19-3-1-2-18(14-19)16-26-8-11-31-12-9-26/h1-3,10,13-15H,4-9,11-12,16-17H2. The number of aromatic nitrogens is 2. The van der Waals surface area contributed by atoms with Gasteiger partial charge in [-0.15, -0.1) is 11.3 Å². The summed E-state index contributed by atoms with van der Waals surface area (Å²) in [5.41, 5.74) is 2.66. The van der Waals surface area contributed by atoms with E-state index in [4.69, 9.17) is 4.74 Å². The van der Waals surface area contributed by atoms with Gasteiger partial charge in [-0.1, -0.05) is 12.1 Å². The van der Waals surface area contributed by atoms with Crippen molar-refractivity contribution >= 4 is 22.2 Å². The maximum Gasteiger partial charge on any atom is 0.258 e. The number of nitrogens with zero attached hydrogens (tertiary/aromatic N) is 5. The normalized spacial score (nSPS) is 18.3. The molecule has 0 atom stereocenters. The molecule has 5 rings (SSSR count). The van der Waals surface area contributed by atoms with Crippen LogP contribution in [-0.2, 0) is 17.8 Å². The van der Waals surface area contributed by atoms with Gasteiger partial charge in [-0.2, -0.15) is 0 Å². The number of thiazole rings is 1. The average molecular weight is 454 g/mol. The summed E-state index contributed by atoms with van der Waals surface area (Å²) in [7, 11) is 0. The number of rotatable bonds is 5. The van der Waals surface area contributed by atoms with E-state index in [-0.39, 0.29) is 11.5 Å². The van der Waals surface area contributed by atoms with Crippen molar-refractivity contribution in [2.24, 2.45) is 0 Å². The first kappa shape index (κ1) is 21.3. The fourth-order valence-electron chi connectivity index (χ4n) is 4.31. The molecule has 168 valence electrons. The topological polar surface area (TPSA) is 70.4 Å². The van der Waals surface area contributed by atoms with Gasteiger partial charge < -0.3 is 9.64 Å². The van der Waals surface area contributed by atoms with Crippen molar-refractivity contribution in [1.29, 1.82) is 0 Å². The molecule has 0 bridgehead atoms. The van der Waals surface area contributed by atoms with Gasteiger partial charge in [0.25, 0.3) is 11.5 Å². The Bertz CT molecular complexity index is 1150. The molecule has 2 fully saturated rings. The van der Waals surface area contributed by atoms with Crippen LogP contribution in [0.1, 0.15) is 21.6 Å². The summed E-state index contributed by atoms with van der Waals surface area (Å²) in [4.78, 5) is 37.2. The molecular weight excluding hydrogens is 426 g/mol. The van der Waals surface area contributed by atoms with Gasteiger partial charge in [0, 0.05) is 75.6 Å². The SMILES string of the molecule is O=C(c1cccc(CN2CCOCC2)c1)N1CCN(Cc2cc(=O)n3ccsc3n2)CC1. The van der Waals surface area contributed by atoms with Gasteiger partial charge in [-0.05, 0) is 17.7 Å². The van der Waals surface area contributed by atoms with Crippen LogP contribution >= 0.6 is 11.3 Å². The summed E-state index contributed by atoms with van der Waals surface area (Å²) < 4.78 is 6.99. The van der Waals surface area contributed by atoms with Crippen LogP contribution < -0.4 is 5.56 Å². The fraction of sp³-hybridized carbons (Fsp3) is 0.435. The van der Waals surface area contributed by atoms with Gasteiger partial charge in [-0.25, -0.2) is 4.98 Å². The van der Waals surface area contributed by atoms with Crippen molar-refractivity contribution < 1.29 is 9.53 Å². The number of carbonyl (C=O) groups is 1. The average Bonchev–Trinajstić information content (AvgIpc) is 3.29. The highest BCUT2D eigenvalue weighted by atomic mass is 32.1. The van der Waals surface area contributed by atoms with Crippen LogP contribution in [0.3, 0.4) is 0 Å². The molecule has 1 aromatic carbocycles. The molecule has 0 radical (unpaired) electrons. The van der Waals surface area contributed by atoms with E-state index in [1.54, 1.807) is 16.7 Å². The summed E-state index contributed by atoms with van der Waals surface area (Å²) in [6.45, 7) is 7.76. The lowest BCUT2D eigenvalue weighted by molar-refractivity contribution is 0.0341. The Morgan fingerprint density at radius 2 is 1.78 bits per heavy atom. The Balaban J connectivity index is 1.18. The van der Waals surface area contributed by atoms with Crippen LogP contribution in [-0.4, -0.2) is 82.5 Å². The summed E-state index contributed by atoms with van der Waals surface area (Å²) in [5, 5.41) is 1.87. The quantitative estimate of drug-likeness (QED) is 0.584. The second kappa shape index (κ2) is 9.50. The zero-order valence-corrected chi connectivity index (χ0v) is 18.8. The summed E-state index contributed by atoms with van der Waals surface area (Å²) >= 11 is 1.46. The van der Waals surface area contributed by atoms with Crippen molar-refractivity contribution in [3.63, 3.8) is 0 Å². The summed E-state index contributed by atoms with van der Waals surface area (Å²) in [6, 6.07) is 9.61. The summed E-state index contributed by atoms with van der Waals surface area (Å²) in [5.74, 6) is 0.0878. The minimum Gasteiger partial charge on any atom is -0.379 e. The summed E-state index contributed by atoms with van der Waals surface area (Å²) in [6.07, 6.45) is 1.75. The molecule has 1 amide bonds. The largest absolute Gasteiger partial charge is 0.379 e. The number of hydrogen-bond donors (Lipinski definition) is 0. The minimum absolute atomic E-state index is 0.0444. The van der Waals surface area contributed by atoms with Gasteiger partial charge >= 0.3 is 0 Å². The molecule has 0 unspecified atom stereocenters. The Labute approximate surface area is 190 Å². The van der Waals surface area contributed by atoms with Crippen LogP contribution in [0, 0.1) is 0 Å². The smallest absolute Gasteiger partial charge is 0.258 e. The van der Waals surface area contributed by atoms with E-state index in [2.05, 4.69) is 20.9 Å². The Kier molecular flexibility index (Phi) is 6.31. The van der Waals surface area contributed by atoms with Crippen LogP contribution in [0.2, 0.25) is 0 Å². The number of hydrogen-bond acceptors (Lipinski definition) is 7. The maximum atomic E-state index is 13.1. The number of ether oxygens (including phenoxy) is 1. The molecular formula is C23H27N5O3S. The number of piperazine rings is 1. The van der Waals surface area contributed by atoms with Crippen molar-refractivity contribution in [2.45, 2.75) is 13.1 Å². The Morgan fingerprint density at radius 3 is 2.59 bits per heavy atom. The van der Waals surface area contributed by atoms with Crippen LogP contribution in [0.4, 0.5) is 0 Å². The van der Waals surface area contributed by atoms with E-state index in [1.165, 1.54) is 11.3 Å². The highest BCUT2D eigenvalue weighted by Crippen LogP contribution is 2.15. The van der Waals surface area contributed by atoms with Crippen molar-refractivity contribution in [3.05, 3.63) is 69.1 Å². The molecule has 0 N–H and O–H groups in total. The molecule has 32 heavy (non-hydrogen) atoms. The zero-order valence-electron chi connectivity index (χ0n) is 18.0. The highest BCUT2D eigenvalue weighted by molar-refractivity contribution is 7.15. The second-order valence-corrected chi connectivity index (χ2v) is 9.17. The number of carbonyl (C=O) groups excluding carboxylic acids is 1. The molecule has 8 nitrogen and oxygen atoms in total. The number of fused-ring (bicyclic) bond motifs is 1. The minimum atomic E-state index is -0.0444. The molecule has 2 aliphatic rings. The Morgan fingerprint density at radius 1 is 1.00 bits per heavy atom. The lowest BCUT2D eigenvalue weighted by Crippen LogP contribution is -2.48. The third-order valence-electron chi connectivity index (χ3n) is 6.09. The van der Waals surface area contributed by atoms with Crippen LogP contribution in [0.25, 0.3) is 4.96 Å². The van der Waals surface area contributed by atoms with E-state index in [9.17, 15) is 9.59 Å². The molecule has 9 heteroatoms. The van der Waals surface area contributed by atoms with Crippen molar-refractivity contribution in [2.75, 3.05) is 52.5 Å². The fourth-order valence-corrected chi connectivity index (χ4v) is 5.05. The predicted molar refractivity (Wildman–Crippen MR) is 123 cm³/mol. The van der Waals surface area contributed by atoms with Crippen molar-refractivity contribution in [1.82, 2.24) is 24.1 Å². The number of amides is 1. The first-order valence-electron chi connectivity index (χ1n) is 11.0.